The molecule has 0 atom stereocenters. The van der Waals surface area contributed by atoms with Crippen molar-refractivity contribution in [1.29, 1.82) is 0 Å². The predicted molar refractivity (Wildman–Crippen MR) is 82.6 cm³/mol. The molecule has 0 nitrogen and oxygen atoms in total. The van der Waals surface area contributed by atoms with Gasteiger partial charge in [0.1, 0.15) is 0 Å². The van der Waals surface area contributed by atoms with E-state index in [1.807, 2.05) is 12.1 Å². The zero-order valence-electron chi connectivity index (χ0n) is 11.0. The minimum atomic E-state index is 0.665. The lowest BCUT2D eigenvalue weighted by Crippen LogP contribution is -1.79. The Balaban J connectivity index is 0.000000492. The molecule has 0 amide bonds. The van der Waals surface area contributed by atoms with Gasteiger partial charge in [-0.05, 0) is 36.2 Å². The fraction of sp³-hybridized carbons (Fsp3) is 0.250. The van der Waals surface area contributed by atoms with Gasteiger partial charge in [-0.3, -0.25) is 0 Å². The summed E-state index contributed by atoms with van der Waals surface area (Å²) in [5, 5.41) is 1.33. The number of rotatable bonds is 1. The zero-order chi connectivity index (χ0) is 13.5. The van der Waals surface area contributed by atoms with Crippen molar-refractivity contribution in [2.75, 3.05) is 0 Å². The lowest BCUT2D eigenvalue weighted by atomic mass is 10.0. The molecular weight excluding hydrogens is 263 g/mol. The maximum absolute atomic E-state index is 5.95. The summed E-state index contributed by atoms with van der Waals surface area (Å²) in [4.78, 5) is 0. The van der Waals surface area contributed by atoms with E-state index >= 15 is 0 Å². The van der Waals surface area contributed by atoms with Crippen LogP contribution in [0.5, 0.6) is 0 Å². The van der Waals surface area contributed by atoms with Crippen molar-refractivity contribution in [2.45, 2.75) is 27.2 Å². The van der Waals surface area contributed by atoms with Crippen molar-refractivity contribution in [2.24, 2.45) is 0 Å². The van der Waals surface area contributed by atoms with Gasteiger partial charge in [0.15, 0.2) is 0 Å². The second kappa shape index (κ2) is 7.45. The van der Waals surface area contributed by atoms with E-state index in [9.17, 15) is 0 Å². The number of halogens is 2. The van der Waals surface area contributed by atoms with Crippen LogP contribution >= 0.6 is 23.2 Å². The van der Waals surface area contributed by atoms with Crippen molar-refractivity contribution in [3.05, 3.63) is 58.1 Å². The third-order valence-corrected chi connectivity index (χ3v) is 2.68. The van der Waals surface area contributed by atoms with Crippen molar-refractivity contribution < 1.29 is 0 Å². The van der Waals surface area contributed by atoms with Crippen LogP contribution in [0.4, 0.5) is 0 Å². The first-order valence-corrected chi connectivity index (χ1v) is 6.85. The van der Waals surface area contributed by atoms with Crippen LogP contribution in [0.3, 0.4) is 0 Å². The van der Waals surface area contributed by atoms with E-state index in [0.29, 0.717) is 10.0 Å². The molecule has 0 spiro atoms. The summed E-state index contributed by atoms with van der Waals surface area (Å²) in [7, 11) is 0. The first-order chi connectivity index (χ1) is 8.56. The minimum Gasteiger partial charge on any atom is -0.0843 e. The summed E-state index contributed by atoms with van der Waals surface area (Å²) in [6.07, 6.45) is 1.25. The summed E-state index contributed by atoms with van der Waals surface area (Å²) in [6, 6.07) is 13.8. The van der Waals surface area contributed by atoms with E-state index < -0.39 is 0 Å². The Hall–Kier alpha value is -0.980. The number of hydrogen-bond acceptors (Lipinski definition) is 0. The van der Waals surface area contributed by atoms with E-state index in [4.69, 9.17) is 23.2 Å². The van der Waals surface area contributed by atoms with Gasteiger partial charge in [0.25, 0.3) is 0 Å². The molecular formula is C16H18Cl2. The third kappa shape index (κ3) is 4.72. The molecule has 0 heterocycles. The molecule has 0 radical (unpaired) electrons. The Labute approximate surface area is 120 Å². The fourth-order valence-corrected chi connectivity index (χ4v) is 1.99. The van der Waals surface area contributed by atoms with Crippen molar-refractivity contribution in [1.82, 2.24) is 0 Å². The molecule has 96 valence electrons. The minimum absolute atomic E-state index is 0.665. The van der Waals surface area contributed by atoms with E-state index in [1.165, 1.54) is 12.0 Å². The van der Waals surface area contributed by atoms with Crippen molar-refractivity contribution in [3.63, 3.8) is 0 Å². The van der Waals surface area contributed by atoms with E-state index in [1.54, 1.807) is 6.07 Å². The molecule has 0 unspecified atom stereocenters. The Morgan fingerprint density at radius 3 is 1.67 bits per heavy atom. The van der Waals surface area contributed by atoms with Crippen LogP contribution in [0.2, 0.25) is 10.0 Å². The average molecular weight is 281 g/mol. The van der Waals surface area contributed by atoms with Gasteiger partial charge in [-0.15, -0.1) is 0 Å². The van der Waals surface area contributed by atoms with Gasteiger partial charge in [0.2, 0.25) is 0 Å². The topological polar surface area (TPSA) is 0 Å². The molecule has 18 heavy (non-hydrogen) atoms. The number of aryl methyl sites for hydroxylation is 1. The van der Waals surface area contributed by atoms with E-state index in [-0.39, 0.29) is 0 Å². The second-order valence-corrected chi connectivity index (χ2v) is 5.10. The van der Waals surface area contributed by atoms with Gasteiger partial charge in [-0.25, -0.2) is 0 Å². The van der Waals surface area contributed by atoms with E-state index in [2.05, 4.69) is 45.0 Å². The fourth-order valence-electron chi connectivity index (χ4n) is 1.47. The van der Waals surface area contributed by atoms with Crippen LogP contribution in [-0.2, 0) is 0 Å². The molecule has 2 rings (SSSR count). The predicted octanol–water partition coefficient (Wildman–Crippen LogP) is 6.39. The molecule has 0 aliphatic heterocycles. The highest BCUT2D eigenvalue weighted by atomic mass is 35.5. The van der Waals surface area contributed by atoms with Gasteiger partial charge in [-0.2, -0.15) is 0 Å². The highest BCUT2D eigenvalue weighted by Gasteiger charge is 2.00. The van der Waals surface area contributed by atoms with E-state index in [0.717, 1.165) is 11.1 Å². The summed E-state index contributed by atoms with van der Waals surface area (Å²) in [6.45, 7) is 6.31. The summed E-state index contributed by atoms with van der Waals surface area (Å²) in [5.74, 6) is 0. The first-order valence-electron chi connectivity index (χ1n) is 6.10. The number of hydrogen-bond donors (Lipinski definition) is 0. The Morgan fingerprint density at radius 2 is 1.22 bits per heavy atom. The molecule has 0 bridgehead atoms. The molecule has 2 aromatic carbocycles. The average Bonchev–Trinajstić information content (AvgIpc) is 2.29. The Morgan fingerprint density at radius 1 is 0.778 bits per heavy atom. The normalized spacial score (nSPS) is 9.61. The molecule has 2 aromatic rings. The summed E-state index contributed by atoms with van der Waals surface area (Å²) in [5.41, 5.74) is 3.42. The van der Waals surface area contributed by atoms with Gasteiger partial charge >= 0.3 is 0 Å². The zero-order valence-corrected chi connectivity index (χ0v) is 12.5. The van der Waals surface area contributed by atoms with Crippen molar-refractivity contribution >= 4 is 23.2 Å². The number of benzene rings is 2. The van der Waals surface area contributed by atoms with Gasteiger partial charge in [-0.1, -0.05) is 73.3 Å². The second-order valence-electron chi connectivity index (χ2n) is 4.23. The monoisotopic (exact) mass is 280 g/mol. The summed E-state index contributed by atoms with van der Waals surface area (Å²) < 4.78 is 0. The molecule has 0 fully saturated rings. The van der Waals surface area contributed by atoms with Crippen LogP contribution in [0.15, 0.2) is 42.5 Å². The van der Waals surface area contributed by atoms with Gasteiger partial charge < -0.3 is 0 Å². The molecule has 0 aromatic heterocycles. The molecule has 0 saturated carbocycles. The van der Waals surface area contributed by atoms with Crippen molar-refractivity contribution in [3.8, 4) is 11.1 Å². The third-order valence-electron chi connectivity index (χ3n) is 2.25. The first kappa shape index (κ1) is 15.1. The van der Waals surface area contributed by atoms with Gasteiger partial charge in [0, 0.05) is 10.0 Å². The molecule has 0 aliphatic carbocycles. The largest absolute Gasteiger partial charge is 0.0843 e. The van der Waals surface area contributed by atoms with Gasteiger partial charge in [0.05, 0.1) is 0 Å². The molecule has 0 aliphatic rings. The lowest BCUT2D eigenvalue weighted by Gasteiger charge is -2.03. The standard InChI is InChI=1S/C13H10Cl2.C3H8/c1-9-2-4-10(5-3-9)11-6-12(14)8-13(15)7-11;1-3-2/h2-8H,1H3;3H2,1-2H3. The Kier molecular flexibility index (Phi) is 6.24. The highest BCUT2D eigenvalue weighted by Crippen LogP contribution is 2.27. The quantitative estimate of drug-likeness (QED) is 0.568. The molecule has 0 saturated heterocycles. The van der Waals surface area contributed by atoms with Crippen LogP contribution < -0.4 is 0 Å². The molecule has 2 heteroatoms. The highest BCUT2D eigenvalue weighted by molar-refractivity contribution is 6.35. The van der Waals surface area contributed by atoms with Crippen LogP contribution in [0.1, 0.15) is 25.8 Å². The van der Waals surface area contributed by atoms with Crippen LogP contribution in [0, 0.1) is 6.92 Å². The molecule has 0 N–H and O–H groups in total. The summed E-state index contributed by atoms with van der Waals surface area (Å²) >= 11 is 11.9. The maximum Gasteiger partial charge on any atom is 0.0426 e. The lowest BCUT2D eigenvalue weighted by molar-refractivity contribution is 1.09. The smallest absolute Gasteiger partial charge is 0.0426 e. The maximum atomic E-state index is 5.95. The van der Waals surface area contributed by atoms with Crippen LogP contribution in [-0.4, -0.2) is 0 Å². The van der Waals surface area contributed by atoms with Crippen LogP contribution in [0.25, 0.3) is 11.1 Å². The Bertz CT molecular complexity index is 467. The SMILES string of the molecule is CCC.Cc1ccc(-c2cc(Cl)cc(Cl)c2)cc1.